The molecule has 1 aromatic carbocycles. The first-order valence-corrected chi connectivity index (χ1v) is 6.40. The average molecular weight is 251 g/mol. The van der Waals surface area contributed by atoms with E-state index < -0.39 is 0 Å². The summed E-state index contributed by atoms with van der Waals surface area (Å²) in [4.78, 5) is 0. The van der Waals surface area contributed by atoms with Crippen molar-refractivity contribution in [3.05, 3.63) is 42.2 Å². The molecule has 0 spiro atoms. The van der Waals surface area contributed by atoms with Gasteiger partial charge in [0.05, 0.1) is 7.11 Å². The average Bonchev–Trinajstić information content (AvgIpc) is 2.39. The molecule has 1 unspecified atom stereocenters. The van der Waals surface area contributed by atoms with E-state index in [0.29, 0.717) is 5.75 Å². The first-order valence-electron chi connectivity index (χ1n) is 6.40. The number of methoxy groups -OCH3 is 1. The quantitative estimate of drug-likeness (QED) is 0.560. The SMILES string of the molecule is C=CCCCC(NCC)c1ccc(F)c(OC)c1. The van der Waals surface area contributed by atoms with Gasteiger partial charge in [0.15, 0.2) is 11.6 Å². The molecular formula is C15H22FNO. The highest BCUT2D eigenvalue weighted by Gasteiger charge is 2.12. The Balaban J connectivity index is 2.80. The van der Waals surface area contributed by atoms with Crippen molar-refractivity contribution in [3.8, 4) is 5.75 Å². The van der Waals surface area contributed by atoms with Gasteiger partial charge in [0.2, 0.25) is 0 Å². The van der Waals surface area contributed by atoms with E-state index in [1.165, 1.54) is 13.2 Å². The molecule has 0 aliphatic rings. The van der Waals surface area contributed by atoms with E-state index in [0.717, 1.165) is 31.4 Å². The van der Waals surface area contributed by atoms with Crippen molar-refractivity contribution in [1.29, 1.82) is 0 Å². The largest absolute Gasteiger partial charge is 0.494 e. The van der Waals surface area contributed by atoms with Crippen LogP contribution in [0.3, 0.4) is 0 Å². The third-order valence-corrected chi connectivity index (χ3v) is 2.93. The van der Waals surface area contributed by atoms with Gasteiger partial charge in [-0.1, -0.05) is 19.1 Å². The summed E-state index contributed by atoms with van der Waals surface area (Å²) in [5.74, 6) is -0.0123. The molecule has 1 aromatic rings. The molecule has 0 fully saturated rings. The van der Waals surface area contributed by atoms with Crippen LogP contribution in [0.2, 0.25) is 0 Å². The first kappa shape index (κ1) is 14.7. The zero-order chi connectivity index (χ0) is 13.4. The van der Waals surface area contributed by atoms with E-state index in [2.05, 4.69) is 18.8 Å². The Bertz CT molecular complexity index is 379. The molecule has 0 aliphatic heterocycles. The van der Waals surface area contributed by atoms with Gasteiger partial charge in [-0.05, 0) is 43.5 Å². The minimum atomic E-state index is -0.317. The van der Waals surface area contributed by atoms with Crippen LogP contribution in [-0.2, 0) is 0 Å². The lowest BCUT2D eigenvalue weighted by Crippen LogP contribution is -2.21. The van der Waals surface area contributed by atoms with Crippen LogP contribution in [0.5, 0.6) is 5.75 Å². The predicted octanol–water partition coefficient (Wildman–Crippen LogP) is 3.84. The fourth-order valence-corrected chi connectivity index (χ4v) is 1.99. The van der Waals surface area contributed by atoms with Crippen molar-refractivity contribution in [3.63, 3.8) is 0 Å². The summed E-state index contributed by atoms with van der Waals surface area (Å²) in [5.41, 5.74) is 1.07. The maximum absolute atomic E-state index is 13.4. The summed E-state index contributed by atoms with van der Waals surface area (Å²) in [5, 5.41) is 3.42. The zero-order valence-corrected chi connectivity index (χ0v) is 11.2. The summed E-state index contributed by atoms with van der Waals surface area (Å²) in [7, 11) is 1.49. The molecule has 18 heavy (non-hydrogen) atoms. The van der Waals surface area contributed by atoms with E-state index in [9.17, 15) is 4.39 Å². The van der Waals surface area contributed by atoms with Crippen molar-refractivity contribution in [2.45, 2.75) is 32.2 Å². The molecule has 2 nitrogen and oxygen atoms in total. The predicted molar refractivity (Wildman–Crippen MR) is 73.4 cm³/mol. The van der Waals surface area contributed by atoms with Gasteiger partial charge < -0.3 is 10.1 Å². The number of unbranched alkanes of at least 4 members (excludes halogenated alkanes) is 1. The van der Waals surface area contributed by atoms with Crippen LogP contribution in [-0.4, -0.2) is 13.7 Å². The number of hydrogen-bond acceptors (Lipinski definition) is 2. The molecule has 0 amide bonds. The first-order chi connectivity index (χ1) is 8.72. The zero-order valence-electron chi connectivity index (χ0n) is 11.2. The molecule has 1 rings (SSSR count). The molecule has 0 heterocycles. The maximum Gasteiger partial charge on any atom is 0.165 e. The van der Waals surface area contributed by atoms with Gasteiger partial charge in [-0.3, -0.25) is 0 Å². The molecule has 0 radical (unpaired) electrons. The van der Waals surface area contributed by atoms with Gasteiger partial charge in [-0.2, -0.15) is 0 Å². The van der Waals surface area contributed by atoms with Crippen molar-refractivity contribution in [2.75, 3.05) is 13.7 Å². The lowest BCUT2D eigenvalue weighted by molar-refractivity contribution is 0.384. The molecule has 3 heteroatoms. The lowest BCUT2D eigenvalue weighted by Gasteiger charge is -2.19. The van der Waals surface area contributed by atoms with Gasteiger partial charge in [-0.15, -0.1) is 6.58 Å². The second-order valence-corrected chi connectivity index (χ2v) is 4.22. The smallest absolute Gasteiger partial charge is 0.165 e. The minimum absolute atomic E-state index is 0.240. The van der Waals surface area contributed by atoms with E-state index in [1.54, 1.807) is 6.07 Å². The highest BCUT2D eigenvalue weighted by molar-refractivity contribution is 5.32. The van der Waals surface area contributed by atoms with E-state index >= 15 is 0 Å². The molecular weight excluding hydrogens is 229 g/mol. The van der Waals surface area contributed by atoms with Crippen LogP contribution >= 0.6 is 0 Å². The Kier molecular flexibility index (Phi) is 6.44. The molecule has 100 valence electrons. The normalized spacial score (nSPS) is 12.2. The summed E-state index contributed by atoms with van der Waals surface area (Å²) in [6.07, 6.45) is 5.00. The second-order valence-electron chi connectivity index (χ2n) is 4.22. The number of hydrogen-bond donors (Lipinski definition) is 1. The molecule has 0 bridgehead atoms. The van der Waals surface area contributed by atoms with Gasteiger partial charge in [0.1, 0.15) is 0 Å². The molecule has 0 aliphatic carbocycles. The van der Waals surface area contributed by atoms with Crippen molar-refractivity contribution < 1.29 is 9.13 Å². The maximum atomic E-state index is 13.4. The number of nitrogens with one attached hydrogen (secondary N) is 1. The van der Waals surface area contributed by atoms with Crippen LogP contribution < -0.4 is 10.1 Å². The van der Waals surface area contributed by atoms with Gasteiger partial charge >= 0.3 is 0 Å². The number of ether oxygens (including phenoxy) is 1. The lowest BCUT2D eigenvalue weighted by atomic mass is 10.0. The van der Waals surface area contributed by atoms with Crippen molar-refractivity contribution >= 4 is 0 Å². The van der Waals surface area contributed by atoms with Crippen LogP contribution in [0, 0.1) is 5.82 Å². The van der Waals surface area contributed by atoms with Crippen LogP contribution in [0.4, 0.5) is 4.39 Å². The fraction of sp³-hybridized carbons (Fsp3) is 0.467. The van der Waals surface area contributed by atoms with E-state index in [1.807, 2.05) is 12.1 Å². The summed E-state index contributed by atoms with van der Waals surface area (Å²) >= 11 is 0. The third kappa shape index (κ3) is 4.15. The summed E-state index contributed by atoms with van der Waals surface area (Å²) in [6, 6.07) is 5.30. The number of halogens is 1. The Morgan fingerprint density at radius 3 is 2.89 bits per heavy atom. The van der Waals surface area contributed by atoms with Crippen LogP contribution in [0.15, 0.2) is 30.9 Å². The molecule has 0 aromatic heterocycles. The number of rotatable bonds is 8. The second kappa shape index (κ2) is 7.88. The Hall–Kier alpha value is -1.35. The molecule has 1 atom stereocenters. The van der Waals surface area contributed by atoms with E-state index in [4.69, 9.17) is 4.74 Å². The fourth-order valence-electron chi connectivity index (χ4n) is 1.99. The van der Waals surface area contributed by atoms with Crippen molar-refractivity contribution in [1.82, 2.24) is 5.32 Å². The standard InChI is InChI=1S/C15H22FNO/c1-4-6-7-8-14(17-5-2)12-9-10-13(16)15(11-12)18-3/h4,9-11,14,17H,1,5-8H2,2-3H3. The number of benzene rings is 1. The van der Waals surface area contributed by atoms with Crippen LogP contribution in [0.1, 0.15) is 37.8 Å². The molecule has 0 saturated carbocycles. The monoisotopic (exact) mass is 251 g/mol. The Morgan fingerprint density at radius 2 is 2.28 bits per heavy atom. The topological polar surface area (TPSA) is 21.3 Å². The van der Waals surface area contributed by atoms with Gasteiger partial charge in [0.25, 0.3) is 0 Å². The third-order valence-electron chi connectivity index (χ3n) is 2.93. The van der Waals surface area contributed by atoms with Gasteiger partial charge in [0, 0.05) is 6.04 Å². The Morgan fingerprint density at radius 1 is 1.50 bits per heavy atom. The molecule has 0 saturated heterocycles. The Labute approximate surface area is 109 Å². The van der Waals surface area contributed by atoms with Crippen molar-refractivity contribution in [2.24, 2.45) is 0 Å². The number of allylic oxidation sites excluding steroid dienone is 1. The van der Waals surface area contributed by atoms with E-state index in [-0.39, 0.29) is 11.9 Å². The highest BCUT2D eigenvalue weighted by atomic mass is 19.1. The van der Waals surface area contributed by atoms with Gasteiger partial charge in [-0.25, -0.2) is 4.39 Å². The summed E-state index contributed by atoms with van der Waals surface area (Å²) < 4.78 is 18.4. The summed E-state index contributed by atoms with van der Waals surface area (Å²) in [6.45, 7) is 6.68. The minimum Gasteiger partial charge on any atom is -0.494 e. The molecule has 1 N–H and O–H groups in total. The van der Waals surface area contributed by atoms with Crippen LogP contribution in [0.25, 0.3) is 0 Å². The highest BCUT2D eigenvalue weighted by Crippen LogP contribution is 2.25.